The predicted molar refractivity (Wildman–Crippen MR) is 86.2 cm³/mol. The summed E-state index contributed by atoms with van der Waals surface area (Å²) in [5.74, 6) is -0.291. The maximum absolute atomic E-state index is 12.2. The van der Waals surface area contributed by atoms with Crippen LogP contribution >= 0.6 is 0 Å². The van der Waals surface area contributed by atoms with Crippen LogP contribution in [0.2, 0.25) is 0 Å². The van der Waals surface area contributed by atoms with Gasteiger partial charge in [-0.25, -0.2) is 4.79 Å². The van der Waals surface area contributed by atoms with Gasteiger partial charge in [-0.05, 0) is 11.1 Å². The van der Waals surface area contributed by atoms with Crippen LogP contribution in [0.4, 0.5) is 0 Å². The first-order chi connectivity index (χ1) is 10.7. The summed E-state index contributed by atoms with van der Waals surface area (Å²) in [5.41, 5.74) is 3.01. The van der Waals surface area contributed by atoms with Crippen molar-refractivity contribution in [2.75, 3.05) is 14.2 Å². The molecule has 3 nitrogen and oxygen atoms in total. The first-order valence-corrected chi connectivity index (χ1v) is 7.34. The van der Waals surface area contributed by atoms with E-state index in [-0.39, 0.29) is 17.9 Å². The molecule has 0 saturated heterocycles. The SMILES string of the molecule is COC(=O)C1=CN(C)[C@@H](c2ccccc2)[C@@H]1c1ccccc1. The van der Waals surface area contributed by atoms with Gasteiger partial charge in [0.2, 0.25) is 0 Å². The number of hydrogen-bond donors (Lipinski definition) is 0. The Morgan fingerprint density at radius 2 is 1.50 bits per heavy atom. The van der Waals surface area contributed by atoms with E-state index in [2.05, 4.69) is 29.2 Å². The van der Waals surface area contributed by atoms with Crippen LogP contribution in [0.5, 0.6) is 0 Å². The zero-order valence-corrected chi connectivity index (χ0v) is 12.8. The summed E-state index contributed by atoms with van der Waals surface area (Å²) in [4.78, 5) is 14.3. The largest absolute Gasteiger partial charge is 0.466 e. The molecule has 1 heterocycles. The van der Waals surface area contributed by atoms with Gasteiger partial charge in [-0.2, -0.15) is 0 Å². The molecular formula is C19H19NO2. The van der Waals surface area contributed by atoms with E-state index in [1.165, 1.54) is 12.7 Å². The van der Waals surface area contributed by atoms with E-state index in [0.717, 1.165) is 5.56 Å². The Morgan fingerprint density at radius 1 is 0.955 bits per heavy atom. The molecule has 0 aliphatic carbocycles. The number of esters is 1. The Labute approximate surface area is 130 Å². The van der Waals surface area contributed by atoms with E-state index in [4.69, 9.17) is 4.74 Å². The molecule has 3 rings (SSSR count). The van der Waals surface area contributed by atoms with E-state index in [0.29, 0.717) is 5.57 Å². The van der Waals surface area contributed by atoms with Crippen LogP contribution in [0.15, 0.2) is 72.4 Å². The molecular weight excluding hydrogens is 274 g/mol. The fourth-order valence-corrected chi connectivity index (χ4v) is 3.18. The first-order valence-electron chi connectivity index (χ1n) is 7.34. The summed E-state index contributed by atoms with van der Waals surface area (Å²) in [6.07, 6.45) is 1.90. The smallest absolute Gasteiger partial charge is 0.335 e. The van der Waals surface area contributed by atoms with Crippen LogP contribution in [0.1, 0.15) is 23.1 Å². The van der Waals surface area contributed by atoms with Crippen molar-refractivity contribution in [2.24, 2.45) is 0 Å². The van der Waals surface area contributed by atoms with Crippen LogP contribution in [0.3, 0.4) is 0 Å². The highest BCUT2D eigenvalue weighted by Gasteiger charge is 2.39. The van der Waals surface area contributed by atoms with Gasteiger partial charge >= 0.3 is 5.97 Å². The lowest BCUT2D eigenvalue weighted by atomic mass is 9.84. The summed E-state index contributed by atoms with van der Waals surface area (Å²) in [5, 5.41) is 0. The Morgan fingerprint density at radius 3 is 2.05 bits per heavy atom. The number of nitrogens with zero attached hydrogens (tertiary/aromatic N) is 1. The molecule has 0 amide bonds. The number of carbonyl (C=O) groups excluding carboxylic acids is 1. The zero-order chi connectivity index (χ0) is 15.5. The molecule has 0 spiro atoms. The minimum absolute atomic E-state index is 0.0268. The van der Waals surface area contributed by atoms with Crippen molar-refractivity contribution >= 4 is 5.97 Å². The molecule has 0 saturated carbocycles. The van der Waals surface area contributed by atoms with E-state index >= 15 is 0 Å². The van der Waals surface area contributed by atoms with Crippen LogP contribution in [0.25, 0.3) is 0 Å². The van der Waals surface area contributed by atoms with Gasteiger partial charge in [0, 0.05) is 19.2 Å². The van der Waals surface area contributed by atoms with Crippen molar-refractivity contribution in [3.8, 4) is 0 Å². The van der Waals surface area contributed by atoms with Gasteiger partial charge in [0.25, 0.3) is 0 Å². The maximum Gasteiger partial charge on any atom is 0.335 e. The Kier molecular flexibility index (Phi) is 3.96. The number of likely N-dealkylation sites (N-methyl/N-ethyl adjacent to an activating group) is 1. The Bertz CT molecular complexity index is 679. The van der Waals surface area contributed by atoms with Crippen LogP contribution in [-0.4, -0.2) is 25.0 Å². The molecule has 3 heteroatoms. The molecule has 1 aliphatic rings. The standard InChI is InChI=1S/C19H19NO2/c1-20-13-16(19(21)22-2)17(14-9-5-3-6-10-14)18(20)15-11-7-4-8-12-15/h3-13,17-18H,1-2H3/t17-,18+/m1/s1. The molecule has 22 heavy (non-hydrogen) atoms. The molecule has 2 aromatic carbocycles. The van der Waals surface area contributed by atoms with Gasteiger partial charge in [-0.15, -0.1) is 0 Å². The number of ether oxygens (including phenoxy) is 1. The highest BCUT2D eigenvalue weighted by molar-refractivity contribution is 5.91. The third-order valence-electron chi connectivity index (χ3n) is 4.15. The van der Waals surface area contributed by atoms with Crippen molar-refractivity contribution in [3.05, 3.63) is 83.6 Å². The zero-order valence-electron chi connectivity index (χ0n) is 12.8. The van der Waals surface area contributed by atoms with E-state index in [1.807, 2.05) is 49.6 Å². The Balaban J connectivity index is 2.08. The molecule has 1 aliphatic heterocycles. The highest BCUT2D eigenvalue weighted by Crippen LogP contribution is 2.45. The van der Waals surface area contributed by atoms with Crippen molar-refractivity contribution < 1.29 is 9.53 Å². The van der Waals surface area contributed by atoms with Gasteiger partial charge in [0.05, 0.1) is 18.7 Å². The summed E-state index contributed by atoms with van der Waals surface area (Å²) >= 11 is 0. The van der Waals surface area contributed by atoms with Crippen LogP contribution in [0, 0.1) is 0 Å². The van der Waals surface area contributed by atoms with Gasteiger partial charge < -0.3 is 9.64 Å². The molecule has 2 atom stereocenters. The van der Waals surface area contributed by atoms with Crippen molar-refractivity contribution in [1.29, 1.82) is 0 Å². The summed E-state index contributed by atoms with van der Waals surface area (Å²) in [6.45, 7) is 0. The number of rotatable bonds is 3. The fourth-order valence-electron chi connectivity index (χ4n) is 3.18. The number of methoxy groups -OCH3 is 1. The molecule has 0 N–H and O–H groups in total. The van der Waals surface area contributed by atoms with E-state index < -0.39 is 0 Å². The number of carbonyl (C=O) groups is 1. The third kappa shape index (κ3) is 2.50. The maximum atomic E-state index is 12.2. The lowest BCUT2D eigenvalue weighted by Gasteiger charge is -2.28. The average molecular weight is 293 g/mol. The van der Waals surface area contributed by atoms with Crippen LogP contribution in [-0.2, 0) is 9.53 Å². The first kappa shape index (κ1) is 14.4. The highest BCUT2D eigenvalue weighted by atomic mass is 16.5. The monoisotopic (exact) mass is 293 g/mol. The predicted octanol–water partition coefficient (Wildman–Crippen LogP) is 3.51. The van der Waals surface area contributed by atoms with Crippen LogP contribution < -0.4 is 0 Å². The molecule has 2 aromatic rings. The van der Waals surface area contributed by atoms with Crippen molar-refractivity contribution in [3.63, 3.8) is 0 Å². The summed E-state index contributed by atoms with van der Waals surface area (Å²) in [7, 11) is 3.44. The van der Waals surface area contributed by atoms with Gasteiger partial charge in [-0.1, -0.05) is 60.7 Å². The van der Waals surface area contributed by atoms with Gasteiger partial charge in [0.1, 0.15) is 0 Å². The average Bonchev–Trinajstić information content (AvgIpc) is 2.93. The second kappa shape index (κ2) is 6.06. The minimum atomic E-state index is -0.265. The molecule has 0 bridgehead atoms. The second-order valence-corrected chi connectivity index (χ2v) is 5.49. The topological polar surface area (TPSA) is 29.5 Å². The summed E-state index contributed by atoms with van der Waals surface area (Å²) in [6, 6.07) is 20.5. The summed E-state index contributed by atoms with van der Waals surface area (Å²) < 4.78 is 4.98. The van der Waals surface area contributed by atoms with E-state index in [9.17, 15) is 4.79 Å². The lowest BCUT2D eigenvalue weighted by Crippen LogP contribution is -2.21. The molecule has 0 unspecified atom stereocenters. The minimum Gasteiger partial charge on any atom is -0.466 e. The number of hydrogen-bond acceptors (Lipinski definition) is 3. The van der Waals surface area contributed by atoms with Gasteiger partial charge in [-0.3, -0.25) is 0 Å². The second-order valence-electron chi connectivity index (χ2n) is 5.49. The van der Waals surface area contributed by atoms with E-state index in [1.54, 1.807) is 0 Å². The lowest BCUT2D eigenvalue weighted by molar-refractivity contribution is -0.136. The molecule has 0 aromatic heterocycles. The molecule has 0 fully saturated rings. The fraction of sp³-hybridized carbons (Fsp3) is 0.211. The third-order valence-corrected chi connectivity index (χ3v) is 4.15. The quantitative estimate of drug-likeness (QED) is 0.811. The number of benzene rings is 2. The van der Waals surface area contributed by atoms with Crippen molar-refractivity contribution in [2.45, 2.75) is 12.0 Å². The Hall–Kier alpha value is -2.55. The van der Waals surface area contributed by atoms with Crippen molar-refractivity contribution in [1.82, 2.24) is 4.90 Å². The molecule has 0 radical (unpaired) electrons. The normalized spacial score (nSPS) is 20.6. The van der Waals surface area contributed by atoms with Gasteiger partial charge in [0.15, 0.2) is 0 Å². The molecule has 112 valence electrons.